The van der Waals surface area contributed by atoms with Gasteiger partial charge in [0.2, 0.25) is 0 Å². The van der Waals surface area contributed by atoms with Crippen molar-refractivity contribution in [2.24, 2.45) is 5.41 Å². The van der Waals surface area contributed by atoms with Gasteiger partial charge in [0.05, 0.1) is 0 Å². The van der Waals surface area contributed by atoms with Gasteiger partial charge in [0.15, 0.2) is 0 Å². The average molecular weight is 379 g/mol. The zero-order valence-electron chi connectivity index (χ0n) is 11.2. The van der Waals surface area contributed by atoms with E-state index in [4.69, 9.17) is 23.2 Å². The van der Waals surface area contributed by atoms with E-state index in [9.17, 15) is 4.79 Å². The van der Waals surface area contributed by atoms with E-state index in [1.165, 1.54) is 19.3 Å². The van der Waals surface area contributed by atoms with Gasteiger partial charge in [-0.2, -0.15) is 0 Å². The van der Waals surface area contributed by atoms with Gasteiger partial charge in [0.1, 0.15) is 0 Å². The summed E-state index contributed by atoms with van der Waals surface area (Å²) in [4.78, 5) is 12.2. The molecule has 0 atom stereocenters. The number of halogens is 3. The lowest BCUT2D eigenvalue weighted by molar-refractivity contribution is 0.0922. The number of amides is 1. The van der Waals surface area contributed by atoms with Crippen LogP contribution in [0, 0.1) is 5.41 Å². The number of carbonyl (C=O) groups excluding carboxylic acids is 1. The fourth-order valence-electron chi connectivity index (χ4n) is 2.71. The molecule has 0 aliphatic heterocycles. The first-order valence-electron chi connectivity index (χ1n) is 6.85. The smallest absolute Gasteiger partial charge is 0.251 e. The van der Waals surface area contributed by atoms with Crippen molar-refractivity contribution in [2.75, 3.05) is 11.9 Å². The number of hydrogen-bond acceptors (Lipinski definition) is 1. The maximum atomic E-state index is 12.2. The molecule has 1 fully saturated rings. The second-order valence-electron chi connectivity index (χ2n) is 5.54. The third kappa shape index (κ3) is 4.12. The van der Waals surface area contributed by atoms with Crippen molar-refractivity contribution >= 4 is 45.0 Å². The van der Waals surface area contributed by atoms with Crippen LogP contribution in [0.15, 0.2) is 18.2 Å². The van der Waals surface area contributed by atoms with Crippen molar-refractivity contribution in [2.45, 2.75) is 32.1 Å². The Morgan fingerprint density at radius 3 is 2.30 bits per heavy atom. The molecule has 1 aromatic carbocycles. The maximum absolute atomic E-state index is 12.2. The molecule has 0 unspecified atom stereocenters. The second kappa shape index (κ2) is 7.15. The molecule has 0 aromatic heterocycles. The van der Waals surface area contributed by atoms with E-state index in [-0.39, 0.29) is 11.3 Å². The van der Waals surface area contributed by atoms with Crippen molar-refractivity contribution in [3.8, 4) is 0 Å². The molecule has 0 spiro atoms. The van der Waals surface area contributed by atoms with Gasteiger partial charge in [-0.1, -0.05) is 58.4 Å². The Balaban J connectivity index is 2.00. The molecule has 1 aliphatic carbocycles. The fraction of sp³-hybridized carbons (Fsp3) is 0.533. The topological polar surface area (TPSA) is 29.1 Å². The molecule has 20 heavy (non-hydrogen) atoms. The molecule has 2 rings (SSSR count). The summed E-state index contributed by atoms with van der Waals surface area (Å²) < 4.78 is 0. The van der Waals surface area contributed by atoms with Crippen LogP contribution in [0.1, 0.15) is 42.5 Å². The molecule has 0 radical (unpaired) electrons. The minimum absolute atomic E-state index is 0.111. The molecular formula is C15H18BrCl2NO. The van der Waals surface area contributed by atoms with Crippen molar-refractivity contribution in [3.05, 3.63) is 33.8 Å². The van der Waals surface area contributed by atoms with Crippen molar-refractivity contribution in [3.63, 3.8) is 0 Å². The average Bonchev–Trinajstić information content (AvgIpc) is 2.45. The van der Waals surface area contributed by atoms with Gasteiger partial charge in [0.25, 0.3) is 5.91 Å². The quantitative estimate of drug-likeness (QED) is 0.728. The summed E-state index contributed by atoms with van der Waals surface area (Å²) in [5.41, 5.74) is 0.707. The summed E-state index contributed by atoms with van der Waals surface area (Å²) in [6.07, 6.45) is 6.10. The van der Waals surface area contributed by atoms with E-state index in [0.717, 1.165) is 18.2 Å². The monoisotopic (exact) mass is 377 g/mol. The van der Waals surface area contributed by atoms with E-state index in [2.05, 4.69) is 21.2 Å². The van der Waals surface area contributed by atoms with Crippen molar-refractivity contribution in [1.82, 2.24) is 5.32 Å². The number of nitrogens with one attached hydrogen (secondary N) is 1. The molecule has 1 amide bonds. The van der Waals surface area contributed by atoms with E-state index in [1.54, 1.807) is 18.2 Å². The Morgan fingerprint density at radius 2 is 1.75 bits per heavy atom. The first-order chi connectivity index (χ1) is 9.54. The molecule has 0 bridgehead atoms. The number of rotatable bonds is 4. The van der Waals surface area contributed by atoms with Crippen molar-refractivity contribution < 1.29 is 4.79 Å². The molecule has 1 N–H and O–H groups in total. The van der Waals surface area contributed by atoms with Crippen LogP contribution in [0.25, 0.3) is 0 Å². The standard InChI is InChI=1S/C15H18BrCl2NO/c16-9-15(4-2-1-3-5-15)10-19-14(20)11-6-12(17)8-13(18)7-11/h6-8H,1-5,9-10H2,(H,19,20). The Morgan fingerprint density at radius 1 is 1.15 bits per heavy atom. The predicted molar refractivity (Wildman–Crippen MR) is 88.1 cm³/mol. The number of alkyl halides is 1. The molecule has 1 aromatic rings. The van der Waals surface area contributed by atoms with E-state index in [0.29, 0.717) is 22.2 Å². The summed E-state index contributed by atoms with van der Waals surface area (Å²) in [7, 11) is 0. The number of benzene rings is 1. The van der Waals surface area contributed by atoms with E-state index in [1.807, 2.05) is 0 Å². The Labute approximate surface area is 138 Å². The SMILES string of the molecule is O=C(NCC1(CBr)CCCCC1)c1cc(Cl)cc(Cl)c1. The van der Waals surface area contributed by atoms with Crippen LogP contribution in [-0.4, -0.2) is 17.8 Å². The van der Waals surface area contributed by atoms with Crippen LogP contribution < -0.4 is 5.32 Å². The minimum Gasteiger partial charge on any atom is -0.351 e. The highest BCUT2D eigenvalue weighted by Crippen LogP contribution is 2.37. The lowest BCUT2D eigenvalue weighted by atomic mass is 9.75. The summed E-state index contributed by atoms with van der Waals surface area (Å²) in [5.74, 6) is -0.111. The third-order valence-corrected chi connectivity index (χ3v) is 5.57. The highest BCUT2D eigenvalue weighted by Gasteiger charge is 2.31. The van der Waals surface area contributed by atoms with E-state index < -0.39 is 0 Å². The zero-order valence-corrected chi connectivity index (χ0v) is 14.3. The van der Waals surface area contributed by atoms with Gasteiger partial charge < -0.3 is 5.32 Å². The normalized spacial score (nSPS) is 17.8. The van der Waals surface area contributed by atoms with Crippen LogP contribution >= 0.6 is 39.1 Å². The Bertz CT molecular complexity index is 467. The molecular weight excluding hydrogens is 361 g/mol. The molecule has 0 saturated heterocycles. The Kier molecular flexibility index (Phi) is 5.76. The molecule has 2 nitrogen and oxygen atoms in total. The van der Waals surface area contributed by atoms with Gasteiger partial charge in [-0.05, 0) is 36.5 Å². The lowest BCUT2D eigenvalue weighted by Gasteiger charge is -2.35. The molecule has 110 valence electrons. The van der Waals surface area contributed by atoms with Crippen LogP contribution in [0.5, 0.6) is 0 Å². The number of carbonyl (C=O) groups is 1. The minimum atomic E-state index is -0.111. The van der Waals surface area contributed by atoms with Crippen LogP contribution in [0.2, 0.25) is 10.0 Å². The lowest BCUT2D eigenvalue weighted by Crippen LogP contribution is -2.40. The number of hydrogen-bond donors (Lipinski definition) is 1. The summed E-state index contributed by atoms with van der Waals surface area (Å²) in [6, 6.07) is 4.91. The van der Waals surface area contributed by atoms with Gasteiger partial charge >= 0.3 is 0 Å². The van der Waals surface area contributed by atoms with E-state index >= 15 is 0 Å². The molecule has 5 heteroatoms. The van der Waals surface area contributed by atoms with Crippen LogP contribution in [0.4, 0.5) is 0 Å². The third-order valence-electron chi connectivity index (χ3n) is 3.95. The van der Waals surface area contributed by atoms with Gasteiger partial charge in [-0.15, -0.1) is 0 Å². The largest absolute Gasteiger partial charge is 0.351 e. The second-order valence-corrected chi connectivity index (χ2v) is 6.97. The summed E-state index contributed by atoms with van der Waals surface area (Å²) in [5, 5.41) is 4.92. The van der Waals surface area contributed by atoms with Crippen LogP contribution in [0.3, 0.4) is 0 Å². The van der Waals surface area contributed by atoms with Crippen LogP contribution in [-0.2, 0) is 0 Å². The summed E-state index contributed by atoms with van der Waals surface area (Å²) >= 11 is 15.5. The van der Waals surface area contributed by atoms with Gasteiger partial charge in [-0.3, -0.25) is 4.79 Å². The zero-order chi connectivity index (χ0) is 14.6. The highest BCUT2D eigenvalue weighted by atomic mass is 79.9. The highest BCUT2D eigenvalue weighted by molar-refractivity contribution is 9.09. The first kappa shape index (κ1) is 16.1. The Hall–Kier alpha value is -0.250. The summed E-state index contributed by atoms with van der Waals surface area (Å²) in [6.45, 7) is 0.696. The molecule has 1 saturated carbocycles. The molecule has 1 aliphatic rings. The van der Waals surface area contributed by atoms with Gasteiger partial charge in [0, 0.05) is 27.5 Å². The van der Waals surface area contributed by atoms with Crippen molar-refractivity contribution in [1.29, 1.82) is 0 Å². The fourth-order valence-corrected chi connectivity index (χ4v) is 4.00. The molecule has 0 heterocycles. The van der Waals surface area contributed by atoms with Gasteiger partial charge in [-0.25, -0.2) is 0 Å². The maximum Gasteiger partial charge on any atom is 0.251 e. The predicted octanol–water partition coefficient (Wildman–Crippen LogP) is 5.07. The first-order valence-corrected chi connectivity index (χ1v) is 8.73.